The van der Waals surface area contributed by atoms with Crippen molar-refractivity contribution in [3.63, 3.8) is 0 Å². The van der Waals surface area contributed by atoms with Crippen LogP contribution in [0.15, 0.2) is 0 Å². The predicted molar refractivity (Wildman–Crippen MR) is 78.8 cm³/mol. The number of sulfone groups is 1. The SMILES string of the molecule is CC1CCC(CN)(CN(C)C2CCS(=O)(=O)C2)CC1. The van der Waals surface area contributed by atoms with Gasteiger partial charge in [-0.3, -0.25) is 0 Å². The summed E-state index contributed by atoms with van der Waals surface area (Å²) in [7, 11) is -0.719. The fourth-order valence-corrected chi connectivity index (χ4v) is 5.39. The lowest BCUT2D eigenvalue weighted by atomic mass is 9.70. The number of hydrogen-bond acceptors (Lipinski definition) is 4. The lowest BCUT2D eigenvalue weighted by Crippen LogP contribution is -2.47. The molecular formula is C14H28N2O2S. The lowest BCUT2D eigenvalue weighted by molar-refractivity contribution is 0.0916. The maximum absolute atomic E-state index is 11.6. The first-order valence-electron chi connectivity index (χ1n) is 7.47. The van der Waals surface area contributed by atoms with E-state index in [2.05, 4.69) is 18.9 Å². The van der Waals surface area contributed by atoms with E-state index in [-0.39, 0.29) is 11.5 Å². The second-order valence-corrected chi connectivity index (χ2v) is 9.09. The first-order valence-corrected chi connectivity index (χ1v) is 9.29. The van der Waals surface area contributed by atoms with Crippen molar-refractivity contribution in [1.82, 2.24) is 4.90 Å². The molecule has 1 unspecified atom stereocenters. The number of nitrogens with zero attached hydrogens (tertiary/aromatic N) is 1. The van der Waals surface area contributed by atoms with Crippen molar-refractivity contribution in [2.45, 2.75) is 45.1 Å². The third-order valence-electron chi connectivity index (χ3n) is 5.18. The van der Waals surface area contributed by atoms with Gasteiger partial charge < -0.3 is 10.6 Å². The molecule has 1 heterocycles. The quantitative estimate of drug-likeness (QED) is 0.846. The fraction of sp³-hybridized carbons (Fsp3) is 1.00. The molecule has 1 aliphatic carbocycles. The predicted octanol–water partition coefficient (Wildman–Crippen LogP) is 1.26. The fourth-order valence-electron chi connectivity index (χ4n) is 3.58. The van der Waals surface area contributed by atoms with Gasteiger partial charge in [-0.05, 0) is 44.2 Å². The zero-order valence-electron chi connectivity index (χ0n) is 12.3. The van der Waals surface area contributed by atoms with Crippen molar-refractivity contribution in [2.75, 3.05) is 31.6 Å². The number of rotatable bonds is 4. The van der Waals surface area contributed by atoms with E-state index in [4.69, 9.17) is 5.73 Å². The van der Waals surface area contributed by atoms with Gasteiger partial charge in [-0.15, -0.1) is 0 Å². The van der Waals surface area contributed by atoms with Gasteiger partial charge in [-0.1, -0.05) is 19.8 Å². The summed E-state index contributed by atoms with van der Waals surface area (Å²) in [5.74, 6) is 1.51. The normalized spacial score (nSPS) is 38.7. The molecule has 0 radical (unpaired) electrons. The highest BCUT2D eigenvalue weighted by Crippen LogP contribution is 2.39. The van der Waals surface area contributed by atoms with Crippen molar-refractivity contribution >= 4 is 9.84 Å². The van der Waals surface area contributed by atoms with Crippen LogP contribution in [0.2, 0.25) is 0 Å². The van der Waals surface area contributed by atoms with Crippen molar-refractivity contribution in [3.05, 3.63) is 0 Å². The summed E-state index contributed by atoms with van der Waals surface area (Å²) in [6, 6.07) is 0.202. The zero-order valence-corrected chi connectivity index (χ0v) is 13.1. The number of nitrogens with two attached hydrogens (primary N) is 1. The summed E-state index contributed by atoms with van der Waals surface area (Å²) in [6.45, 7) is 3.99. The largest absolute Gasteiger partial charge is 0.330 e. The second-order valence-electron chi connectivity index (χ2n) is 6.86. The molecule has 5 heteroatoms. The van der Waals surface area contributed by atoms with Crippen LogP contribution in [0.25, 0.3) is 0 Å². The van der Waals surface area contributed by atoms with Crippen molar-refractivity contribution < 1.29 is 8.42 Å². The van der Waals surface area contributed by atoms with Crippen molar-refractivity contribution in [2.24, 2.45) is 17.1 Å². The molecule has 0 aromatic rings. The average molecular weight is 288 g/mol. The molecule has 1 saturated carbocycles. The summed E-state index contributed by atoms with van der Waals surface area (Å²) in [5.41, 5.74) is 6.25. The van der Waals surface area contributed by atoms with Gasteiger partial charge in [0.05, 0.1) is 11.5 Å². The molecule has 1 saturated heterocycles. The van der Waals surface area contributed by atoms with Crippen LogP contribution in [0.3, 0.4) is 0 Å². The van der Waals surface area contributed by atoms with E-state index in [1.807, 2.05) is 0 Å². The summed E-state index contributed by atoms with van der Waals surface area (Å²) in [4.78, 5) is 2.26. The van der Waals surface area contributed by atoms with Gasteiger partial charge in [0.25, 0.3) is 0 Å². The van der Waals surface area contributed by atoms with E-state index in [1.54, 1.807) is 0 Å². The van der Waals surface area contributed by atoms with Crippen LogP contribution in [0.4, 0.5) is 0 Å². The topological polar surface area (TPSA) is 63.4 Å². The van der Waals surface area contributed by atoms with E-state index in [0.717, 1.165) is 25.4 Å². The zero-order chi connectivity index (χ0) is 14.1. The molecule has 0 amide bonds. The Balaban J connectivity index is 1.95. The van der Waals surface area contributed by atoms with Crippen LogP contribution in [-0.4, -0.2) is 51.0 Å². The molecule has 0 aromatic carbocycles. The van der Waals surface area contributed by atoms with Gasteiger partial charge in [0.15, 0.2) is 9.84 Å². The average Bonchev–Trinajstić information content (AvgIpc) is 2.73. The molecule has 4 nitrogen and oxygen atoms in total. The Morgan fingerprint density at radius 3 is 2.37 bits per heavy atom. The highest BCUT2D eigenvalue weighted by molar-refractivity contribution is 7.91. The summed E-state index contributed by atoms with van der Waals surface area (Å²) >= 11 is 0. The Hall–Kier alpha value is -0.130. The maximum atomic E-state index is 11.6. The first-order chi connectivity index (χ1) is 8.86. The van der Waals surface area contributed by atoms with Gasteiger partial charge in [0.1, 0.15) is 0 Å². The summed E-state index contributed by atoms with van der Waals surface area (Å²) in [6.07, 6.45) is 5.68. The highest BCUT2D eigenvalue weighted by Gasteiger charge is 2.37. The molecule has 2 rings (SSSR count). The molecule has 112 valence electrons. The van der Waals surface area contributed by atoms with E-state index < -0.39 is 9.84 Å². The number of hydrogen-bond donors (Lipinski definition) is 1. The summed E-state index contributed by atoms with van der Waals surface area (Å²) in [5, 5.41) is 0. The molecule has 2 fully saturated rings. The Labute approximate surface area is 117 Å². The van der Waals surface area contributed by atoms with Gasteiger partial charge >= 0.3 is 0 Å². The Kier molecular flexibility index (Phi) is 4.58. The molecule has 1 atom stereocenters. The van der Waals surface area contributed by atoms with Crippen LogP contribution >= 0.6 is 0 Å². The molecule has 2 aliphatic rings. The second kappa shape index (κ2) is 5.70. The van der Waals surface area contributed by atoms with E-state index in [0.29, 0.717) is 11.5 Å². The summed E-state index contributed by atoms with van der Waals surface area (Å²) < 4.78 is 23.2. The molecular weight excluding hydrogens is 260 g/mol. The molecule has 0 bridgehead atoms. The monoisotopic (exact) mass is 288 g/mol. The minimum absolute atomic E-state index is 0.202. The van der Waals surface area contributed by atoms with Crippen molar-refractivity contribution in [1.29, 1.82) is 0 Å². The molecule has 0 spiro atoms. The van der Waals surface area contributed by atoms with Gasteiger partial charge in [-0.25, -0.2) is 8.42 Å². The minimum Gasteiger partial charge on any atom is -0.330 e. The third-order valence-corrected chi connectivity index (χ3v) is 6.93. The smallest absolute Gasteiger partial charge is 0.151 e. The van der Waals surface area contributed by atoms with Crippen molar-refractivity contribution in [3.8, 4) is 0 Å². The molecule has 19 heavy (non-hydrogen) atoms. The maximum Gasteiger partial charge on any atom is 0.151 e. The first kappa shape index (κ1) is 15.3. The Morgan fingerprint density at radius 2 is 1.89 bits per heavy atom. The standard InChI is InChI=1S/C14H28N2O2S/c1-12-3-6-14(10-15,7-4-12)11-16(2)13-5-8-19(17,18)9-13/h12-13H,3-11,15H2,1-2H3. The van der Waals surface area contributed by atoms with Crippen LogP contribution in [0, 0.1) is 11.3 Å². The van der Waals surface area contributed by atoms with Crippen LogP contribution < -0.4 is 5.73 Å². The molecule has 0 aromatic heterocycles. The lowest BCUT2D eigenvalue weighted by Gasteiger charge is -2.42. The van der Waals surface area contributed by atoms with E-state index >= 15 is 0 Å². The van der Waals surface area contributed by atoms with Crippen LogP contribution in [-0.2, 0) is 9.84 Å². The molecule has 1 aliphatic heterocycles. The Bertz CT molecular complexity index is 400. The highest BCUT2D eigenvalue weighted by atomic mass is 32.2. The minimum atomic E-state index is -2.79. The Morgan fingerprint density at radius 1 is 1.26 bits per heavy atom. The van der Waals surface area contributed by atoms with Gasteiger partial charge in [0.2, 0.25) is 0 Å². The van der Waals surface area contributed by atoms with Gasteiger partial charge in [0, 0.05) is 12.6 Å². The molecule has 2 N–H and O–H groups in total. The van der Waals surface area contributed by atoms with E-state index in [9.17, 15) is 8.42 Å². The van der Waals surface area contributed by atoms with Crippen LogP contribution in [0.5, 0.6) is 0 Å². The third kappa shape index (κ3) is 3.70. The van der Waals surface area contributed by atoms with Crippen LogP contribution in [0.1, 0.15) is 39.0 Å². The van der Waals surface area contributed by atoms with Gasteiger partial charge in [-0.2, -0.15) is 0 Å². The van der Waals surface area contributed by atoms with E-state index in [1.165, 1.54) is 25.7 Å².